The second kappa shape index (κ2) is 4.01. The minimum absolute atomic E-state index is 0.215. The third-order valence-corrected chi connectivity index (χ3v) is 5.04. The average Bonchev–Trinajstić information content (AvgIpc) is 2.98. The van der Waals surface area contributed by atoms with Crippen LogP contribution in [0.25, 0.3) is 0 Å². The molecule has 0 saturated carbocycles. The second-order valence-corrected chi connectivity index (χ2v) is 6.17. The lowest BCUT2D eigenvalue weighted by molar-refractivity contribution is -0.145. The fourth-order valence-electron chi connectivity index (χ4n) is 3.99. The van der Waals surface area contributed by atoms with Crippen molar-refractivity contribution in [1.29, 1.82) is 0 Å². The van der Waals surface area contributed by atoms with Gasteiger partial charge >= 0.3 is 5.97 Å². The second-order valence-electron chi connectivity index (χ2n) is 5.73. The number of hydrogen-bond donors (Lipinski definition) is 1. The van der Waals surface area contributed by atoms with Crippen molar-refractivity contribution in [2.45, 2.75) is 17.8 Å². The molecular formula is C17H14ClNO2. The number of nitrogens with two attached hydrogens (primary N) is 1. The van der Waals surface area contributed by atoms with Gasteiger partial charge in [-0.1, -0.05) is 23.7 Å². The molecule has 21 heavy (non-hydrogen) atoms. The Balaban J connectivity index is 2.07. The molecule has 2 unspecified atom stereocenters. The number of methoxy groups -OCH3 is 1. The fraction of sp³-hybridized carbons (Fsp3) is 0.235. The first-order valence-corrected chi connectivity index (χ1v) is 7.24. The quantitative estimate of drug-likeness (QED) is 0.650. The summed E-state index contributed by atoms with van der Waals surface area (Å²) < 4.78 is 5.13. The van der Waals surface area contributed by atoms with Gasteiger partial charge in [-0.05, 0) is 52.9 Å². The highest BCUT2D eigenvalue weighted by Crippen LogP contribution is 2.61. The first-order valence-electron chi connectivity index (χ1n) is 6.86. The summed E-state index contributed by atoms with van der Waals surface area (Å²) in [4.78, 5) is 12.6. The lowest BCUT2D eigenvalue weighted by Crippen LogP contribution is -2.35. The maximum atomic E-state index is 12.6. The van der Waals surface area contributed by atoms with Gasteiger partial charge in [-0.2, -0.15) is 0 Å². The van der Waals surface area contributed by atoms with Gasteiger partial charge in [0.1, 0.15) is 5.41 Å². The number of ether oxygens (including phenoxy) is 1. The fourth-order valence-corrected chi connectivity index (χ4v) is 4.16. The predicted octanol–water partition coefficient (Wildman–Crippen LogP) is 3.23. The molecule has 0 heterocycles. The van der Waals surface area contributed by atoms with Crippen LogP contribution in [0, 0.1) is 0 Å². The number of carbonyl (C=O) groups excluding carboxylic acids is 1. The third kappa shape index (κ3) is 1.42. The first kappa shape index (κ1) is 12.7. The van der Waals surface area contributed by atoms with Gasteiger partial charge in [-0.3, -0.25) is 4.79 Å². The van der Waals surface area contributed by atoms with Crippen molar-refractivity contribution >= 4 is 23.3 Å². The molecule has 0 aromatic heterocycles. The summed E-state index contributed by atoms with van der Waals surface area (Å²) in [6, 6.07) is 11.6. The number of hydrogen-bond acceptors (Lipinski definition) is 3. The van der Waals surface area contributed by atoms with E-state index in [1.165, 1.54) is 18.2 Å². The zero-order chi connectivity index (χ0) is 14.8. The molecule has 4 heteroatoms. The lowest BCUT2D eigenvalue weighted by Gasteiger charge is -2.29. The monoisotopic (exact) mass is 299 g/mol. The Hall–Kier alpha value is -2.00. The van der Waals surface area contributed by atoms with Gasteiger partial charge < -0.3 is 10.5 Å². The summed E-state index contributed by atoms with van der Waals surface area (Å²) in [5, 5.41) is 0.634. The van der Waals surface area contributed by atoms with Crippen LogP contribution in [0.1, 0.15) is 34.6 Å². The van der Waals surface area contributed by atoms with E-state index in [1.54, 1.807) is 0 Å². The Bertz CT molecular complexity index is 731. The Morgan fingerprint density at radius 1 is 1.24 bits per heavy atom. The average molecular weight is 300 g/mol. The highest BCUT2D eigenvalue weighted by molar-refractivity contribution is 6.30. The normalized spacial score (nSPS) is 24.6. The van der Waals surface area contributed by atoms with E-state index in [-0.39, 0.29) is 11.9 Å². The molecule has 0 radical (unpaired) electrons. The van der Waals surface area contributed by atoms with E-state index in [0.29, 0.717) is 17.1 Å². The van der Waals surface area contributed by atoms with E-state index < -0.39 is 5.41 Å². The molecule has 106 valence electrons. The number of benzene rings is 2. The molecule has 0 fully saturated rings. The number of fused-ring (bicyclic) bond motifs is 8. The summed E-state index contributed by atoms with van der Waals surface area (Å²) in [5.41, 5.74) is 10.1. The van der Waals surface area contributed by atoms with Crippen LogP contribution in [-0.4, -0.2) is 13.1 Å². The number of halogens is 1. The molecule has 2 aromatic rings. The SMILES string of the molecule is COC(=O)C12CC(c3ccc(N)cc31)c1ccc(Cl)cc12. The highest BCUT2D eigenvalue weighted by atomic mass is 35.5. The lowest BCUT2D eigenvalue weighted by atomic mass is 9.75. The molecule has 0 amide bonds. The zero-order valence-corrected chi connectivity index (χ0v) is 12.3. The summed E-state index contributed by atoms with van der Waals surface area (Å²) in [7, 11) is 1.43. The number of anilines is 1. The van der Waals surface area contributed by atoms with Crippen molar-refractivity contribution in [2.75, 3.05) is 12.8 Å². The third-order valence-electron chi connectivity index (χ3n) is 4.81. The van der Waals surface area contributed by atoms with Gasteiger partial charge in [0.15, 0.2) is 0 Å². The van der Waals surface area contributed by atoms with E-state index in [2.05, 4.69) is 0 Å². The smallest absolute Gasteiger partial charge is 0.320 e. The van der Waals surface area contributed by atoms with Gasteiger partial charge in [0, 0.05) is 16.6 Å². The van der Waals surface area contributed by atoms with Crippen LogP contribution in [0.2, 0.25) is 5.02 Å². The molecule has 0 spiro atoms. The van der Waals surface area contributed by atoms with Crippen LogP contribution in [-0.2, 0) is 14.9 Å². The molecule has 2 bridgehead atoms. The molecule has 0 aliphatic heterocycles. The maximum absolute atomic E-state index is 12.6. The van der Waals surface area contributed by atoms with Crippen molar-refractivity contribution in [3.8, 4) is 0 Å². The van der Waals surface area contributed by atoms with E-state index in [0.717, 1.165) is 11.1 Å². The van der Waals surface area contributed by atoms with Crippen LogP contribution >= 0.6 is 11.6 Å². The minimum Gasteiger partial charge on any atom is -0.468 e. The molecule has 2 N–H and O–H groups in total. The minimum atomic E-state index is -0.760. The molecule has 4 rings (SSSR count). The maximum Gasteiger partial charge on any atom is 0.320 e. The highest BCUT2D eigenvalue weighted by Gasteiger charge is 2.58. The van der Waals surface area contributed by atoms with Crippen molar-refractivity contribution < 1.29 is 9.53 Å². The van der Waals surface area contributed by atoms with E-state index in [4.69, 9.17) is 22.1 Å². The molecular weight excluding hydrogens is 286 g/mol. The largest absolute Gasteiger partial charge is 0.468 e. The number of esters is 1. The van der Waals surface area contributed by atoms with E-state index >= 15 is 0 Å². The Labute approximate surface area is 127 Å². The van der Waals surface area contributed by atoms with Crippen LogP contribution in [0.3, 0.4) is 0 Å². The van der Waals surface area contributed by atoms with Gasteiger partial charge in [-0.25, -0.2) is 0 Å². The predicted molar refractivity (Wildman–Crippen MR) is 81.6 cm³/mol. The number of rotatable bonds is 1. The molecule has 2 aromatic carbocycles. The number of carbonyl (C=O) groups is 1. The van der Waals surface area contributed by atoms with Crippen LogP contribution in [0.5, 0.6) is 0 Å². The van der Waals surface area contributed by atoms with Crippen LogP contribution < -0.4 is 5.73 Å². The summed E-state index contributed by atoms with van der Waals surface area (Å²) in [6.45, 7) is 0. The van der Waals surface area contributed by atoms with Crippen LogP contribution in [0.15, 0.2) is 36.4 Å². The summed E-state index contributed by atoms with van der Waals surface area (Å²) in [6.07, 6.45) is 0.703. The first-order chi connectivity index (χ1) is 10.1. The zero-order valence-electron chi connectivity index (χ0n) is 11.5. The standard InChI is InChI=1S/C17H14ClNO2/c1-21-16(20)17-8-13(11-4-2-9(18)6-14(11)17)12-5-3-10(19)7-15(12)17/h2-7,13H,8,19H2,1H3. The van der Waals surface area contributed by atoms with Gasteiger partial charge in [0.25, 0.3) is 0 Å². The summed E-state index contributed by atoms with van der Waals surface area (Å²) >= 11 is 6.15. The molecule has 2 atom stereocenters. The molecule has 0 saturated heterocycles. The number of nitrogen functional groups attached to an aromatic ring is 1. The Kier molecular flexibility index (Phi) is 2.43. The van der Waals surface area contributed by atoms with E-state index in [1.807, 2.05) is 36.4 Å². The van der Waals surface area contributed by atoms with Crippen molar-refractivity contribution in [3.63, 3.8) is 0 Å². The Morgan fingerprint density at radius 2 is 1.90 bits per heavy atom. The van der Waals surface area contributed by atoms with Crippen molar-refractivity contribution in [1.82, 2.24) is 0 Å². The molecule has 3 nitrogen and oxygen atoms in total. The molecule has 2 aliphatic carbocycles. The van der Waals surface area contributed by atoms with Gasteiger partial charge in [-0.15, -0.1) is 0 Å². The molecule has 2 aliphatic rings. The van der Waals surface area contributed by atoms with Crippen LogP contribution in [0.4, 0.5) is 5.69 Å². The van der Waals surface area contributed by atoms with Crippen molar-refractivity contribution in [2.24, 2.45) is 0 Å². The topological polar surface area (TPSA) is 52.3 Å². The van der Waals surface area contributed by atoms with Gasteiger partial charge in [0.2, 0.25) is 0 Å². The van der Waals surface area contributed by atoms with Gasteiger partial charge in [0.05, 0.1) is 7.11 Å². The van der Waals surface area contributed by atoms with Crippen molar-refractivity contribution in [3.05, 3.63) is 63.7 Å². The summed E-state index contributed by atoms with van der Waals surface area (Å²) in [5.74, 6) is -0.0233. The Morgan fingerprint density at radius 3 is 2.62 bits per heavy atom. The van der Waals surface area contributed by atoms with E-state index in [9.17, 15) is 4.79 Å².